The van der Waals surface area contributed by atoms with Crippen LogP contribution in [0.25, 0.3) is 11.1 Å². The summed E-state index contributed by atoms with van der Waals surface area (Å²) in [4.78, 5) is 11.1. The largest absolute Gasteiger partial charge is 0.347 e. The van der Waals surface area contributed by atoms with Gasteiger partial charge in [0.15, 0.2) is 0 Å². The zero-order valence-electron chi connectivity index (χ0n) is 16.6. The van der Waals surface area contributed by atoms with Gasteiger partial charge in [0.1, 0.15) is 0 Å². The van der Waals surface area contributed by atoms with Crippen molar-refractivity contribution in [2.45, 2.75) is 18.8 Å². The Kier molecular flexibility index (Phi) is 6.24. The maximum atomic E-state index is 12.6. The number of aromatic nitrogens is 2. The molecule has 0 bridgehead atoms. The van der Waals surface area contributed by atoms with Gasteiger partial charge in [-0.2, -0.15) is 17.0 Å². The molecule has 7 nitrogen and oxygen atoms in total. The van der Waals surface area contributed by atoms with Crippen LogP contribution in [0.1, 0.15) is 24.5 Å². The van der Waals surface area contributed by atoms with Gasteiger partial charge in [0.05, 0.1) is 5.69 Å². The average Bonchev–Trinajstić information content (AvgIpc) is 2.68. The van der Waals surface area contributed by atoms with Crippen LogP contribution in [-0.2, 0) is 10.2 Å². The van der Waals surface area contributed by atoms with E-state index in [0.29, 0.717) is 24.1 Å². The number of halogens is 1. The number of benzene rings is 1. The highest BCUT2D eigenvalue weighted by Gasteiger charge is 2.33. The summed E-state index contributed by atoms with van der Waals surface area (Å²) in [7, 11) is 3.46. The third-order valence-corrected chi connectivity index (χ3v) is 7.08. The Labute approximate surface area is 172 Å². The summed E-state index contributed by atoms with van der Waals surface area (Å²) in [5, 5.41) is 0.664. The number of piperidine rings is 1. The van der Waals surface area contributed by atoms with Crippen LogP contribution in [0.3, 0.4) is 0 Å². The summed E-state index contributed by atoms with van der Waals surface area (Å²) >= 11 is 6.04. The van der Waals surface area contributed by atoms with Gasteiger partial charge in [-0.05, 0) is 30.5 Å². The molecule has 152 valence electrons. The quantitative estimate of drug-likeness (QED) is 0.739. The van der Waals surface area contributed by atoms with E-state index in [-0.39, 0.29) is 5.92 Å². The molecule has 1 aromatic heterocycles. The number of rotatable bonds is 5. The first-order valence-electron chi connectivity index (χ1n) is 9.18. The molecule has 0 saturated carbocycles. The predicted octanol–water partition coefficient (Wildman–Crippen LogP) is 2.85. The van der Waals surface area contributed by atoms with Gasteiger partial charge in [-0.25, -0.2) is 9.97 Å². The minimum atomic E-state index is -3.46. The predicted molar refractivity (Wildman–Crippen MR) is 113 cm³/mol. The number of hydrogen-bond acceptors (Lipinski definition) is 5. The molecule has 1 saturated heterocycles. The Morgan fingerprint density at radius 3 is 2.43 bits per heavy atom. The smallest absolute Gasteiger partial charge is 0.281 e. The normalized spacial score (nSPS) is 18.4. The molecular weight excluding hydrogens is 398 g/mol. The topological polar surface area (TPSA) is 69.6 Å². The Morgan fingerprint density at radius 1 is 1.14 bits per heavy atom. The van der Waals surface area contributed by atoms with Crippen LogP contribution in [-0.4, -0.2) is 68.3 Å². The fraction of sp³-hybridized carbons (Fsp3) is 0.474. The zero-order chi connectivity index (χ0) is 20.5. The molecule has 0 radical (unpaired) electrons. The third-order valence-electron chi connectivity index (χ3n) is 4.92. The Morgan fingerprint density at radius 2 is 1.82 bits per heavy atom. The molecule has 3 rings (SSSR count). The lowest BCUT2D eigenvalue weighted by molar-refractivity contribution is 0.296. The number of hydrogen-bond donors (Lipinski definition) is 0. The molecule has 2 aromatic rings. The molecule has 0 unspecified atom stereocenters. The molecule has 2 heterocycles. The summed E-state index contributed by atoms with van der Waals surface area (Å²) in [5.41, 5.74) is 2.76. The van der Waals surface area contributed by atoms with Crippen LogP contribution in [0, 0.1) is 0 Å². The second-order valence-corrected chi connectivity index (χ2v) is 9.94. The SMILES string of the molecule is CN(C)c1ncc(-c2ccc(Cl)cc2)c([C@@H]2CCCN(S(=O)(=O)N(C)C)C2)n1. The van der Waals surface area contributed by atoms with Crippen molar-refractivity contribution in [2.24, 2.45) is 0 Å². The minimum Gasteiger partial charge on any atom is -0.347 e. The Bertz CT molecular complexity index is 932. The van der Waals surface area contributed by atoms with E-state index >= 15 is 0 Å². The van der Waals surface area contributed by atoms with Gasteiger partial charge in [0.2, 0.25) is 5.95 Å². The maximum Gasteiger partial charge on any atom is 0.281 e. The van der Waals surface area contributed by atoms with Gasteiger partial charge in [-0.15, -0.1) is 0 Å². The fourth-order valence-corrected chi connectivity index (χ4v) is 4.69. The van der Waals surface area contributed by atoms with Crippen molar-refractivity contribution in [3.63, 3.8) is 0 Å². The third kappa shape index (κ3) is 4.30. The molecule has 1 atom stereocenters. The molecule has 1 aliphatic heterocycles. The summed E-state index contributed by atoms with van der Waals surface area (Å²) < 4.78 is 28.1. The van der Waals surface area contributed by atoms with E-state index in [9.17, 15) is 8.42 Å². The van der Waals surface area contributed by atoms with Gasteiger partial charge in [0.25, 0.3) is 10.2 Å². The van der Waals surface area contributed by atoms with Gasteiger partial charge in [-0.3, -0.25) is 0 Å². The molecule has 1 fully saturated rings. The molecule has 1 aromatic carbocycles. The summed E-state index contributed by atoms with van der Waals surface area (Å²) in [6.45, 7) is 0.934. The maximum absolute atomic E-state index is 12.6. The van der Waals surface area contributed by atoms with E-state index in [1.54, 1.807) is 18.4 Å². The summed E-state index contributed by atoms with van der Waals surface area (Å²) in [5.74, 6) is 0.608. The van der Waals surface area contributed by atoms with Crippen molar-refractivity contribution < 1.29 is 8.42 Å². The van der Waals surface area contributed by atoms with Crippen molar-refractivity contribution >= 4 is 27.8 Å². The lowest BCUT2D eigenvalue weighted by Crippen LogP contribution is -2.45. The van der Waals surface area contributed by atoms with E-state index in [1.165, 1.54) is 4.31 Å². The van der Waals surface area contributed by atoms with Crippen LogP contribution in [0.4, 0.5) is 5.95 Å². The van der Waals surface area contributed by atoms with Crippen molar-refractivity contribution in [1.82, 2.24) is 18.6 Å². The van der Waals surface area contributed by atoms with Gasteiger partial charge in [-0.1, -0.05) is 23.7 Å². The van der Waals surface area contributed by atoms with E-state index in [4.69, 9.17) is 16.6 Å². The van der Waals surface area contributed by atoms with Crippen molar-refractivity contribution in [3.05, 3.63) is 41.2 Å². The molecule has 28 heavy (non-hydrogen) atoms. The molecule has 1 aliphatic rings. The van der Waals surface area contributed by atoms with Crippen molar-refractivity contribution in [2.75, 3.05) is 46.2 Å². The highest BCUT2D eigenvalue weighted by atomic mass is 35.5. The first-order valence-corrected chi connectivity index (χ1v) is 11.0. The second-order valence-electron chi connectivity index (χ2n) is 7.36. The summed E-state index contributed by atoms with van der Waals surface area (Å²) in [6.07, 6.45) is 3.49. The van der Waals surface area contributed by atoms with Gasteiger partial charge in [0, 0.05) is 64.0 Å². The van der Waals surface area contributed by atoms with Crippen molar-refractivity contribution in [1.29, 1.82) is 0 Å². The molecule has 0 N–H and O–H groups in total. The standard InChI is InChI=1S/C19H26ClN5O2S/c1-23(2)19-21-12-17(14-7-9-16(20)10-8-14)18(22-19)15-6-5-11-25(13-15)28(26,27)24(3)4/h7-10,12,15H,5-6,11,13H2,1-4H3/t15-/m1/s1. The monoisotopic (exact) mass is 423 g/mol. The lowest BCUT2D eigenvalue weighted by atomic mass is 9.91. The molecule has 0 spiro atoms. The van der Waals surface area contributed by atoms with E-state index in [1.807, 2.05) is 49.5 Å². The average molecular weight is 424 g/mol. The van der Waals surface area contributed by atoms with Crippen LogP contribution < -0.4 is 4.90 Å². The highest BCUT2D eigenvalue weighted by molar-refractivity contribution is 7.86. The van der Waals surface area contributed by atoms with Gasteiger partial charge < -0.3 is 4.90 Å². The lowest BCUT2D eigenvalue weighted by Gasteiger charge is -2.34. The fourth-order valence-electron chi connectivity index (χ4n) is 3.37. The molecule has 0 aliphatic carbocycles. The van der Waals surface area contributed by atoms with E-state index in [2.05, 4.69) is 4.98 Å². The number of nitrogens with zero attached hydrogens (tertiary/aromatic N) is 5. The van der Waals surface area contributed by atoms with Crippen molar-refractivity contribution in [3.8, 4) is 11.1 Å². The van der Waals surface area contributed by atoms with Crippen LogP contribution in [0.2, 0.25) is 5.02 Å². The Hall–Kier alpha value is -1.74. The highest BCUT2D eigenvalue weighted by Crippen LogP contribution is 2.35. The second kappa shape index (κ2) is 8.32. The van der Waals surface area contributed by atoms with Crippen LogP contribution >= 0.6 is 11.6 Å². The molecular formula is C19H26ClN5O2S. The van der Waals surface area contributed by atoms with E-state index < -0.39 is 10.2 Å². The molecule has 9 heteroatoms. The summed E-state index contributed by atoms with van der Waals surface area (Å²) in [6, 6.07) is 7.56. The first-order chi connectivity index (χ1) is 13.2. The molecule has 0 amide bonds. The van der Waals surface area contributed by atoms with Crippen LogP contribution in [0.5, 0.6) is 0 Å². The van der Waals surface area contributed by atoms with E-state index in [0.717, 1.165) is 29.7 Å². The number of anilines is 1. The van der Waals surface area contributed by atoms with Gasteiger partial charge >= 0.3 is 0 Å². The first kappa shape index (κ1) is 21.0. The zero-order valence-corrected chi connectivity index (χ0v) is 18.2. The van der Waals surface area contributed by atoms with Crippen LogP contribution in [0.15, 0.2) is 30.5 Å². The minimum absolute atomic E-state index is 0.00384. The Balaban J connectivity index is 2.03.